The first-order valence-electron chi connectivity index (χ1n) is 4.23. The molecule has 0 nitrogen and oxygen atoms in total. The second-order valence-electron chi connectivity index (χ2n) is 3.56. The molecular formula is C10H20. The molecule has 0 spiro atoms. The van der Waals surface area contributed by atoms with Crippen molar-refractivity contribution in [2.75, 3.05) is 0 Å². The van der Waals surface area contributed by atoms with Crippen LogP contribution in [0.15, 0.2) is 11.1 Å². The monoisotopic (exact) mass is 140 g/mol. The fraction of sp³-hybridized carbons (Fsp3) is 0.800. The maximum absolute atomic E-state index is 2.28. The van der Waals surface area contributed by atoms with Gasteiger partial charge in [0.1, 0.15) is 0 Å². The van der Waals surface area contributed by atoms with Gasteiger partial charge in [0, 0.05) is 0 Å². The van der Waals surface area contributed by atoms with E-state index in [-0.39, 0.29) is 0 Å². The first kappa shape index (κ1) is 9.74. The SMILES string of the molecule is CCC(CC(C)C)=C(C)C. The van der Waals surface area contributed by atoms with Gasteiger partial charge in [-0.05, 0) is 32.6 Å². The summed E-state index contributed by atoms with van der Waals surface area (Å²) in [6.07, 6.45) is 2.50. The number of hydrogen-bond acceptors (Lipinski definition) is 0. The highest BCUT2D eigenvalue weighted by atomic mass is 14.1. The third kappa shape index (κ3) is 3.71. The Morgan fingerprint density at radius 1 is 1.20 bits per heavy atom. The molecule has 0 aliphatic carbocycles. The fourth-order valence-corrected chi connectivity index (χ4v) is 1.19. The van der Waals surface area contributed by atoms with Gasteiger partial charge in [-0.25, -0.2) is 0 Å². The van der Waals surface area contributed by atoms with Crippen molar-refractivity contribution in [2.24, 2.45) is 5.92 Å². The molecule has 0 radical (unpaired) electrons. The predicted octanol–water partition coefficient (Wildman–Crippen LogP) is 3.78. The minimum absolute atomic E-state index is 0.810. The van der Waals surface area contributed by atoms with Gasteiger partial charge >= 0.3 is 0 Å². The third-order valence-corrected chi connectivity index (χ3v) is 1.79. The molecule has 0 saturated heterocycles. The summed E-state index contributed by atoms with van der Waals surface area (Å²) in [5.41, 5.74) is 3.14. The second-order valence-corrected chi connectivity index (χ2v) is 3.56. The molecule has 0 heterocycles. The van der Waals surface area contributed by atoms with Crippen LogP contribution in [0.2, 0.25) is 0 Å². The topological polar surface area (TPSA) is 0 Å². The van der Waals surface area contributed by atoms with Gasteiger partial charge in [-0.1, -0.05) is 31.9 Å². The molecule has 0 aromatic heterocycles. The maximum Gasteiger partial charge on any atom is -0.0295 e. The van der Waals surface area contributed by atoms with Crippen LogP contribution >= 0.6 is 0 Å². The molecule has 60 valence electrons. The highest BCUT2D eigenvalue weighted by Crippen LogP contribution is 2.17. The second kappa shape index (κ2) is 4.54. The zero-order valence-electron chi connectivity index (χ0n) is 7.99. The van der Waals surface area contributed by atoms with Crippen LogP contribution in [0.25, 0.3) is 0 Å². The molecule has 0 rings (SSSR count). The molecule has 10 heavy (non-hydrogen) atoms. The molecule has 0 N–H and O–H groups in total. The normalized spacial score (nSPS) is 10.2. The largest absolute Gasteiger partial charge is 0.0772 e. The Morgan fingerprint density at radius 3 is 1.80 bits per heavy atom. The molecular weight excluding hydrogens is 120 g/mol. The fourth-order valence-electron chi connectivity index (χ4n) is 1.19. The average molecular weight is 140 g/mol. The molecule has 0 atom stereocenters. The van der Waals surface area contributed by atoms with E-state index in [2.05, 4.69) is 34.6 Å². The van der Waals surface area contributed by atoms with E-state index < -0.39 is 0 Å². The van der Waals surface area contributed by atoms with Crippen LogP contribution in [0, 0.1) is 5.92 Å². The van der Waals surface area contributed by atoms with Crippen LogP contribution in [0.4, 0.5) is 0 Å². The van der Waals surface area contributed by atoms with E-state index >= 15 is 0 Å². The predicted molar refractivity (Wildman–Crippen MR) is 48.1 cm³/mol. The summed E-state index contributed by atoms with van der Waals surface area (Å²) in [5.74, 6) is 0.810. The lowest BCUT2D eigenvalue weighted by atomic mass is 9.97. The van der Waals surface area contributed by atoms with Crippen LogP contribution < -0.4 is 0 Å². The molecule has 0 amide bonds. The third-order valence-electron chi connectivity index (χ3n) is 1.79. The zero-order chi connectivity index (χ0) is 8.15. The Kier molecular flexibility index (Phi) is 4.42. The summed E-state index contributed by atoms with van der Waals surface area (Å²) < 4.78 is 0. The molecule has 0 saturated carbocycles. The van der Waals surface area contributed by atoms with Gasteiger partial charge in [0.15, 0.2) is 0 Å². The van der Waals surface area contributed by atoms with E-state index in [0.29, 0.717) is 0 Å². The molecule has 0 fully saturated rings. The summed E-state index contributed by atoms with van der Waals surface area (Å²) in [7, 11) is 0. The van der Waals surface area contributed by atoms with Gasteiger partial charge in [-0.2, -0.15) is 0 Å². The van der Waals surface area contributed by atoms with Crippen LogP contribution in [-0.4, -0.2) is 0 Å². The molecule has 0 aromatic rings. The summed E-state index contributed by atoms with van der Waals surface area (Å²) >= 11 is 0. The van der Waals surface area contributed by atoms with Crippen molar-refractivity contribution in [3.63, 3.8) is 0 Å². The summed E-state index contributed by atoms with van der Waals surface area (Å²) in [6, 6.07) is 0. The lowest BCUT2D eigenvalue weighted by Crippen LogP contribution is -1.92. The Labute approximate surface area is 65.3 Å². The van der Waals surface area contributed by atoms with Crippen LogP contribution in [-0.2, 0) is 0 Å². The van der Waals surface area contributed by atoms with Crippen molar-refractivity contribution in [1.29, 1.82) is 0 Å². The number of hydrogen-bond donors (Lipinski definition) is 0. The molecule has 0 aliphatic rings. The Balaban J connectivity index is 3.97. The molecule has 0 aliphatic heterocycles. The van der Waals surface area contributed by atoms with Crippen LogP contribution in [0.1, 0.15) is 47.5 Å². The lowest BCUT2D eigenvalue weighted by Gasteiger charge is -2.09. The van der Waals surface area contributed by atoms with E-state index in [9.17, 15) is 0 Å². The average Bonchev–Trinajstić information content (AvgIpc) is 1.81. The summed E-state index contributed by atoms with van der Waals surface area (Å²) in [5, 5.41) is 0. The van der Waals surface area contributed by atoms with Gasteiger partial charge in [-0.3, -0.25) is 0 Å². The van der Waals surface area contributed by atoms with Crippen LogP contribution in [0.5, 0.6) is 0 Å². The minimum Gasteiger partial charge on any atom is -0.0772 e. The van der Waals surface area contributed by atoms with Crippen LogP contribution in [0.3, 0.4) is 0 Å². The first-order valence-corrected chi connectivity index (χ1v) is 4.23. The Morgan fingerprint density at radius 2 is 1.70 bits per heavy atom. The summed E-state index contributed by atoms with van der Waals surface area (Å²) in [4.78, 5) is 0. The van der Waals surface area contributed by atoms with Crippen molar-refractivity contribution in [3.8, 4) is 0 Å². The van der Waals surface area contributed by atoms with Gasteiger partial charge in [-0.15, -0.1) is 0 Å². The smallest absolute Gasteiger partial charge is 0.0295 e. The van der Waals surface area contributed by atoms with Crippen molar-refractivity contribution in [1.82, 2.24) is 0 Å². The Bertz CT molecular complexity index is 114. The summed E-state index contributed by atoms with van der Waals surface area (Å²) in [6.45, 7) is 11.2. The van der Waals surface area contributed by atoms with E-state index in [1.165, 1.54) is 18.4 Å². The first-order chi connectivity index (χ1) is 4.57. The standard InChI is InChI=1S/C10H20/c1-6-10(9(4)5)7-8(2)3/h8H,6-7H2,1-5H3. The van der Waals surface area contributed by atoms with Crippen molar-refractivity contribution < 1.29 is 0 Å². The molecule has 0 heteroatoms. The van der Waals surface area contributed by atoms with Crippen molar-refractivity contribution >= 4 is 0 Å². The maximum atomic E-state index is 2.28. The van der Waals surface area contributed by atoms with Gasteiger partial charge in [0.2, 0.25) is 0 Å². The van der Waals surface area contributed by atoms with Gasteiger partial charge in [0.05, 0.1) is 0 Å². The number of rotatable bonds is 3. The van der Waals surface area contributed by atoms with E-state index in [4.69, 9.17) is 0 Å². The zero-order valence-corrected chi connectivity index (χ0v) is 7.99. The van der Waals surface area contributed by atoms with Gasteiger partial charge in [0.25, 0.3) is 0 Å². The van der Waals surface area contributed by atoms with Gasteiger partial charge < -0.3 is 0 Å². The van der Waals surface area contributed by atoms with E-state index in [1.807, 2.05) is 0 Å². The van der Waals surface area contributed by atoms with E-state index in [1.54, 1.807) is 5.57 Å². The quantitative estimate of drug-likeness (QED) is 0.523. The highest BCUT2D eigenvalue weighted by molar-refractivity contribution is 5.09. The number of allylic oxidation sites excluding steroid dienone is 2. The minimum atomic E-state index is 0.810. The van der Waals surface area contributed by atoms with E-state index in [0.717, 1.165) is 5.92 Å². The van der Waals surface area contributed by atoms with Crippen molar-refractivity contribution in [3.05, 3.63) is 11.1 Å². The molecule has 0 unspecified atom stereocenters. The van der Waals surface area contributed by atoms with Crippen molar-refractivity contribution in [2.45, 2.75) is 47.5 Å². The lowest BCUT2D eigenvalue weighted by molar-refractivity contribution is 0.626. The highest BCUT2D eigenvalue weighted by Gasteiger charge is 1.99. The Hall–Kier alpha value is -0.260. The molecule has 0 bridgehead atoms. The molecule has 0 aromatic carbocycles.